The van der Waals surface area contributed by atoms with Crippen molar-refractivity contribution in [1.82, 2.24) is 14.8 Å². The van der Waals surface area contributed by atoms with Crippen LogP contribution in [-0.4, -0.2) is 14.8 Å². The Bertz CT molecular complexity index is 732. The molecule has 0 saturated heterocycles. The van der Waals surface area contributed by atoms with Gasteiger partial charge in [-0.15, -0.1) is 11.3 Å². The van der Waals surface area contributed by atoms with Crippen LogP contribution < -0.4 is 5.32 Å². The van der Waals surface area contributed by atoms with Gasteiger partial charge in [0.2, 0.25) is 0 Å². The maximum absolute atomic E-state index is 5.82. The SMILES string of the molecule is CC(C)n1ncc2cc(NCc3cnc(Cl)s3)ccc21. The highest BCUT2D eigenvalue weighted by Gasteiger charge is 2.06. The molecule has 0 aliphatic carbocycles. The molecule has 0 amide bonds. The summed E-state index contributed by atoms with van der Waals surface area (Å²) in [5.74, 6) is 0. The lowest BCUT2D eigenvalue weighted by atomic mass is 10.2. The minimum absolute atomic E-state index is 0.366. The van der Waals surface area contributed by atoms with Crippen molar-refractivity contribution in [3.63, 3.8) is 0 Å². The van der Waals surface area contributed by atoms with Crippen LogP contribution in [0.1, 0.15) is 24.8 Å². The molecule has 2 heterocycles. The van der Waals surface area contributed by atoms with Gasteiger partial charge in [-0.3, -0.25) is 4.68 Å². The summed E-state index contributed by atoms with van der Waals surface area (Å²) >= 11 is 7.32. The summed E-state index contributed by atoms with van der Waals surface area (Å²) < 4.78 is 2.61. The van der Waals surface area contributed by atoms with E-state index < -0.39 is 0 Å². The fourth-order valence-corrected chi connectivity index (χ4v) is 3.05. The second-order valence-corrected chi connectivity index (χ2v) is 6.59. The van der Waals surface area contributed by atoms with Crippen molar-refractivity contribution in [3.8, 4) is 0 Å². The molecule has 6 heteroatoms. The van der Waals surface area contributed by atoms with Crippen LogP contribution in [0.5, 0.6) is 0 Å². The fraction of sp³-hybridized carbons (Fsp3) is 0.286. The Labute approximate surface area is 126 Å². The predicted octanol–water partition coefficient (Wildman–Crippen LogP) is 4.34. The number of hydrogen-bond acceptors (Lipinski definition) is 4. The van der Waals surface area contributed by atoms with Crippen molar-refractivity contribution >= 4 is 39.5 Å². The average Bonchev–Trinajstić information content (AvgIpc) is 3.01. The smallest absolute Gasteiger partial charge is 0.183 e. The van der Waals surface area contributed by atoms with E-state index in [1.165, 1.54) is 11.3 Å². The van der Waals surface area contributed by atoms with Gasteiger partial charge in [0.05, 0.1) is 18.3 Å². The van der Waals surface area contributed by atoms with E-state index >= 15 is 0 Å². The molecule has 2 aromatic heterocycles. The molecule has 3 rings (SSSR count). The maximum atomic E-state index is 5.82. The summed E-state index contributed by atoms with van der Waals surface area (Å²) in [6.07, 6.45) is 3.71. The molecular weight excluding hydrogens is 292 g/mol. The van der Waals surface area contributed by atoms with E-state index in [0.29, 0.717) is 10.5 Å². The highest BCUT2D eigenvalue weighted by molar-refractivity contribution is 7.15. The van der Waals surface area contributed by atoms with Crippen LogP contribution in [0.15, 0.2) is 30.6 Å². The number of nitrogens with one attached hydrogen (secondary N) is 1. The zero-order valence-electron chi connectivity index (χ0n) is 11.3. The molecule has 104 valence electrons. The van der Waals surface area contributed by atoms with E-state index in [-0.39, 0.29) is 0 Å². The van der Waals surface area contributed by atoms with Gasteiger partial charge in [0.15, 0.2) is 4.47 Å². The van der Waals surface area contributed by atoms with Crippen LogP contribution in [0.25, 0.3) is 10.9 Å². The monoisotopic (exact) mass is 306 g/mol. The van der Waals surface area contributed by atoms with E-state index in [1.807, 2.05) is 10.9 Å². The Morgan fingerprint density at radius 1 is 1.35 bits per heavy atom. The first kappa shape index (κ1) is 13.4. The van der Waals surface area contributed by atoms with Crippen molar-refractivity contribution in [2.24, 2.45) is 0 Å². The Morgan fingerprint density at radius 3 is 2.90 bits per heavy atom. The molecule has 0 aliphatic rings. The normalized spacial score (nSPS) is 11.4. The van der Waals surface area contributed by atoms with Crippen molar-refractivity contribution in [2.45, 2.75) is 26.4 Å². The molecular formula is C14H15ClN4S. The molecule has 1 aromatic carbocycles. The largest absolute Gasteiger partial charge is 0.380 e. The van der Waals surface area contributed by atoms with Crippen molar-refractivity contribution in [3.05, 3.63) is 39.9 Å². The number of fused-ring (bicyclic) bond motifs is 1. The van der Waals surface area contributed by atoms with Crippen LogP contribution in [-0.2, 0) is 6.54 Å². The summed E-state index contributed by atoms with van der Waals surface area (Å²) in [5, 5.41) is 8.95. The van der Waals surface area contributed by atoms with Crippen LogP contribution >= 0.6 is 22.9 Å². The fourth-order valence-electron chi connectivity index (χ4n) is 2.13. The van der Waals surface area contributed by atoms with E-state index in [0.717, 1.165) is 28.0 Å². The molecule has 4 nitrogen and oxygen atoms in total. The van der Waals surface area contributed by atoms with Crippen molar-refractivity contribution in [2.75, 3.05) is 5.32 Å². The second kappa shape index (κ2) is 5.42. The van der Waals surface area contributed by atoms with Gasteiger partial charge >= 0.3 is 0 Å². The molecule has 3 aromatic rings. The summed E-state index contributed by atoms with van der Waals surface area (Å²) in [7, 11) is 0. The van der Waals surface area contributed by atoms with Gasteiger partial charge < -0.3 is 5.32 Å². The minimum atomic E-state index is 0.366. The number of nitrogens with zero attached hydrogens (tertiary/aromatic N) is 3. The van der Waals surface area contributed by atoms with E-state index in [9.17, 15) is 0 Å². The van der Waals surface area contributed by atoms with Gasteiger partial charge in [-0.05, 0) is 32.0 Å². The molecule has 0 aliphatic heterocycles. The average molecular weight is 307 g/mol. The van der Waals surface area contributed by atoms with Gasteiger partial charge in [-0.25, -0.2) is 4.98 Å². The molecule has 0 bridgehead atoms. The first-order chi connectivity index (χ1) is 9.63. The zero-order valence-corrected chi connectivity index (χ0v) is 12.9. The number of anilines is 1. The Morgan fingerprint density at radius 2 is 2.20 bits per heavy atom. The van der Waals surface area contributed by atoms with E-state index in [4.69, 9.17) is 11.6 Å². The third kappa shape index (κ3) is 2.64. The zero-order chi connectivity index (χ0) is 14.1. The summed E-state index contributed by atoms with van der Waals surface area (Å²) in [5.41, 5.74) is 2.23. The molecule has 0 radical (unpaired) electrons. The topological polar surface area (TPSA) is 42.7 Å². The van der Waals surface area contributed by atoms with Gasteiger partial charge in [-0.1, -0.05) is 11.6 Å². The summed E-state index contributed by atoms with van der Waals surface area (Å²) in [6.45, 7) is 4.99. The van der Waals surface area contributed by atoms with Crippen LogP contribution in [0.3, 0.4) is 0 Å². The van der Waals surface area contributed by atoms with E-state index in [2.05, 4.69) is 47.4 Å². The maximum Gasteiger partial charge on any atom is 0.183 e. The molecule has 0 spiro atoms. The van der Waals surface area contributed by atoms with Crippen molar-refractivity contribution in [1.29, 1.82) is 0 Å². The molecule has 0 saturated carbocycles. The van der Waals surface area contributed by atoms with Gasteiger partial charge in [0.1, 0.15) is 0 Å². The molecule has 0 atom stereocenters. The van der Waals surface area contributed by atoms with Crippen LogP contribution in [0.4, 0.5) is 5.69 Å². The number of thiazole rings is 1. The first-order valence-electron chi connectivity index (χ1n) is 6.45. The Hall–Kier alpha value is -1.59. The third-order valence-electron chi connectivity index (χ3n) is 3.08. The Balaban J connectivity index is 1.79. The number of halogens is 1. The van der Waals surface area contributed by atoms with E-state index in [1.54, 1.807) is 6.20 Å². The van der Waals surface area contributed by atoms with Gasteiger partial charge in [-0.2, -0.15) is 5.10 Å². The quantitative estimate of drug-likeness (QED) is 0.779. The van der Waals surface area contributed by atoms with Gasteiger partial charge in [0, 0.05) is 28.2 Å². The number of benzene rings is 1. The van der Waals surface area contributed by atoms with Crippen LogP contribution in [0.2, 0.25) is 4.47 Å². The molecule has 0 fully saturated rings. The number of rotatable bonds is 4. The van der Waals surface area contributed by atoms with Gasteiger partial charge in [0.25, 0.3) is 0 Å². The lowest BCUT2D eigenvalue weighted by molar-refractivity contribution is 0.551. The highest BCUT2D eigenvalue weighted by Crippen LogP contribution is 2.23. The minimum Gasteiger partial charge on any atom is -0.380 e. The standard InChI is InChI=1S/C14H15ClN4S/c1-9(2)19-13-4-3-11(5-10(13)6-18-19)16-7-12-8-17-14(15)20-12/h3-6,8-9,16H,7H2,1-2H3. The second-order valence-electron chi connectivity index (χ2n) is 4.89. The van der Waals surface area contributed by atoms with Crippen LogP contribution in [0, 0.1) is 0 Å². The summed E-state index contributed by atoms with van der Waals surface area (Å²) in [6, 6.07) is 6.66. The molecule has 0 unspecified atom stereocenters. The number of hydrogen-bond donors (Lipinski definition) is 1. The Kier molecular flexibility index (Phi) is 3.63. The first-order valence-corrected chi connectivity index (χ1v) is 7.64. The molecule has 1 N–H and O–H groups in total. The lowest BCUT2D eigenvalue weighted by Gasteiger charge is -2.08. The molecule has 20 heavy (non-hydrogen) atoms. The van der Waals surface area contributed by atoms with Crippen molar-refractivity contribution < 1.29 is 0 Å². The highest BCUT2D eigenvalue weighted by atomic mass is 35.5. The third-order valence-corrected chi connectivity index (χ3v) is 4.19. The predicted molar refractivity (Wildman–Crippen MR) is 84.6 cm³/mol. The summed E-state index contributed by atoms with van der Waals surface area (Å²) in [4.78, 5) is 5.15. The number of aromatic nitrogens is 3. The lowest BCUT2D eigenvalue weighted by Crippen LogP contribution is -2.02.